The zero-order valence-electron chi connectivity index (χ0n) is 11.5. The quantitative estimate of drug-likeness (QED) is 0.588. The summed E-state index contributed by atoms with van der Waals surface area (Å²) in [6, 6.07) is 2.10. The molecule has 1 unspecified atom stereocenters. The Morgan fingerprint density at radius 1 is 1.33 bits per heavy atom. The first-order chi connectivity index (χ1) is 8.52. The predicted octanol–water partition coefficient (Wildman–Crippen LogP) is 2.51. The number of aromatic nitrogens is 1. The monoisotopic (exact) mass is 269 g/mol. The number of thioether (sulfide) groups is 1. The van der Waals surface area contributed by atoms with Crippen molar-refractivity contribution in [1.82, 2.24) is 10.4 Å². The Morgan fingerprint density at radius 2 is 2.06 bits per heavy atom. The molecule has 4 nitrogen and oxygen atoms in total. The lowest BCUT2D eigenvalue weighted by Crippen LogP contribution is -2.30. The van der Waals surface area contributed by atoms with E-state index in [-0.39, 0.29) is 12.1 Å². The van der Waals surface area contributed by atoms with Crippen LogP contribution in [-0.2, 0) is 0 Å². The van der Waals surface area contributed by atoms with Gasteiger partial charge in [-0.1, -0.05) is 13.8 Å². The lowest BCUT2D eigenvalue weighted by atomic mass is 10.1. The number of pyridine rings is 1. The molecule has 0 saturated heterocycles. The van der Waals surface area contributed by atoms with Crippen molar-refractivity contribution in [2.45, 2.75) is 45.1 Å². The summed E-state index contributed by atoms with van der Waals surface area (Å²) >= 11 is 1.87. The molecular weight excluding hydrogens is 246 g/mol. The number of rotatable bonds is 7. The molecule has 18 heavy (non-hydrogen) atoms. The lowest BCUT2D eigenvalue weighted by Gasteiger charge is -2.18. The molecule has 1 atom stereocenters. The Balaban J connectivity index is 2.72. The highest BCUT2D eigenvalue weighted by molar-refractivity contribution is 7.99. The summed E-state index contributed by atoms with van der Waals surface area (Å²) in [4.78, 5) is 4.20. The smallest absolute Gasteiger partial charge is 0.138 e. The van der Waals surface area contributed by atoms with Crippen molar-refractivity contribution in [3.63, 3.8) is 0 Å². The van der Waals surface area contributed by atoms with E-state index in [0.29, 0.717) is 5.25 Å². The Hall–Kier alpha value is -0.780. The first-order valence-corrected chi connectivity index (χ1v) is 7.27. The molecule has 0 aliphatic heterocycles. The molecule has 102 valence electrons. The van der Waals surface area contributed by atoms with E-state index in [0.717, 1.165) is 17.1 Å². The molecule has 1 aromatic rings. The fourth-order valence-corrected chi connectivity index (χ4v) is 2.36. The Labute approximate surface area is 114 Å². The van der Waals surface area contributed by atoms with Crippen LogP contribution in [0.15, 0.2) is 18.5 Å². The summed E-state index contributed by atoms with van der Waals surface area (Å²) in [5.41, 5.74) is 3.90. The van der Waals surface area contributed by atoms with E-state index in [4.69, 9.17) is 10.6 Å². The highest BCUT2D eigenvalue weighted by Crippen LogP contribution is 2.23. The number of ether oxygens (including phenoxy) is 1. The van der Waals surface area contributed by atoms with Gasteiger partial charge in [-0.15, -0.1) is 0 Å². The minimum absolute atomic E-state index is 0.0978. The van der Waals surface area contributed by atoms with E-state index >= 15 is 0 Å². The fourth-order valence-electron chi connectivity index (χ4n) is 1.49. The maximum absolute atomic E-state index is 5.64. The van der Waals surface area contributed by atoms with Crippen molar-refractivity contribution >= 4 is 11.8 Å². The molecule has 0 fully saturated rings. The van der Waals surface area contributed by atoms with Crippen molar-refractivity contribution < 1.29 is 4.74 Å². The van der Waals surface area contributed by atoms with Gasteiger partial charge in [0.25, 0.3) is 0 Å². The van der Waals surface area contributed by atoms with Gasteiger partial charge >= 0.3 is 0 Å². The number of hydrogen-bond donors (Lipinski definition) is 2. The van der Waals surface area contributed by atoms with Crippen LogP contribution in [0.25, 0.3) is 0 Å². The van der Waals surface area contributed by atoms with Gasteiger partial charge in [-0.3, -0.25) is 16.3 Å². The second-order valence-corrected chi connectivity index (χ2v) is 6.33. The minimum atomic E-state index is 0.0978. The minimum Gasteiger partial charge on any atom is -0.489 e. The summed E-state index contributed by atoms with van der Waals surface area (Å²) in [5.74, 6) is 7.32. The van der Waals surface area contributed by atoms with Gasteiger partial charge in [0.2, 0.25) is 0 Å². The van der Waals surface area contributed by atoms with Crippen LogP contribution in [0.1, 0.15) is 39.3 Å². The SMILES string of the molecule is CC(C)Oc1cncc(C(CSC(C)C)NN)c1. The van der Waals surface area contributed by atoms with Gasteiger partial charge < -0.3 is 4.74 Å². The van der Waals surface area contributed by atoms with Gasteiger partial charge in [0.05, 0.1) is 18.3 Å². The van der Waals surface area contributed by atoms with E-state index in [1.807, 2.05) is 37.9 Å². The largest absolute Gasteiger partial charge is 0.489 e. The van der Waals surface area contributed by atoms with Crippen LogP contribution >= 0.6 is 11.8 Å². The molecule has 1 heterocycles. The molecule has 1 rings (SSSR count). The Kier molecular flexibility index (Phi) is 6.46. The lowest BCUT2D eigenvalue weighted by molar-refractivity contribution is 0.241. The highest BCUT2D eigenvalue weighted by Gasteiger charge is 2.12. The van der Waals surface area contributed by atoms with Gasteiger partial charge in [-0.2, -0.15) is 11.8 Å². The van der Waals surface area contributed by atoms with Crippen molar-refractivity contribution in [2.24, 2.45) is 5.84 Å². The first kappa shape index (κ1) is 15.3. The number of nitrogens with zero attached hydrogens (tertiary/aromatic N) is 1. The second kappa shape index (κ2) is 7.61. The Morgan fingerprint density at radius 3 is 2.61 bits per heavy atom. The fraction of sp³-hybridized carbons (Fsp3) is 0.615. The van der Waals surface area contributed by atoms with Crippen LogP contribution in [0.5, 0.6) is 5.75 Å². The summed E-state index contributed by atoms with van der Waals surface area (Å²) in [7, 11) is 0. The molecule has 0 aromatic carbocycles. The van der Waals surface area contributed by atoms with Gasteiger partial charge in [-0.25, -0.2) is 0 Å². The molecule has 0 amide bonds. The van der Waals surface area contributed by atoms with E-state index in [2.05, 4.69) is 24.3 Å². The first-order valence-electron chi connectivity index (χ1n) is 6.22. The van der Waals surface area contributed by atoms with Crippen LogP contribution in [0, 0.1) is 0 Å². The molecule has 0 saturated carbocycles. The molecular formula is C13H23N3OS. The molecule has 0 spiro atoms. The molecule has 0 radical (unpaired) electrons. The third kappa shape index (κ3) is 5.25. The molecule has 1 aromatic heterocycles. The molecule has 3 N–H and O–H groups in total. The third-order valence-electron chi connectivity index (χ3n) is 2.31. The summed E-state index contributed by atoms with van der Waals surface area (Å²) in [6.07, 6.45) is 3.71. The number of nitrogens with two attached hydrogens (primary N) is 1. The van der Waals surface area contributed by atoms with Crippen LogP contribution in [-0.4, -0.2) is 22.1 Å². The van der Waals surface area contributed by atoms with E-state index in [9.17, 15) is 0 Å². The van der Waals surface area contributed by atoms with Crippen LogP contribution in [0.3, 0.4) is 0 Å². The van der Waals surface area contributed by atoms with Crippen molar-refractivity contribution in [3.8, 4) is 5.75 Å². The third-order valence-corrected chi connectivity index (χ3v) is 3.50. The maximum Gasteiger partial charge on any atom is 0.138 e. The normalized spacial score (nSPS) is 13.1. The van der Waals surface area contributed by atoms with Crippen LogP contribution < -0.4 is 16.0 Å². The van der Waals surface area contributed by atoms with Crippen LogP contribution in [0.4, 0.5) is 0 Å². The summed E-state index contributed by atoms with van der Waals surface area (Å²) in [6.45, 7) is 8.35. The Bertz CT molecular complexity index is 358. The predicted molar refractivity (Wildman–Crippen MR) is 77.7 cm³/mol. The van der Waals surface area contributed by atoms with Gasteiger partial charge in [-0.05, 0) is 30.7 Å². The summed E-state index contributed by atoms with van der Waals surface area (Å²) < 4.78 is 5.64. The summed E-state index contributed by atoms with van der Waals surface area (Å²) in [5, 5.41) is 0.587. The van der Waals surface area contributed by atoms with Crippen LogP contribution in [0.2, 0.25) is 0 Å². The average Bonchev–Trinajstić information content (AvgIpc) is 2.29. The average molecular weight is 269 g/mol. The van der Waals surface area contributed by atoms with Gasteiger partial charge in [0.1, 0.15) is 5.75 Å². The zero-order valence-corrected chi connectivity index (χ0v) is 12.3. The van der Waals surface area contributed by atoms with Gasteiger partial charge in [0.15, 0.2) is 0 Å². The molecule has 0 aliphatic carbocycles. The van der Waals surface area contributed by atoms with E-state index < -0.39 is 0 Å². The van der Waals surface area contributed by atoms with E-state index in [1.54, 1.807) is 6.20 Å². The molecule has 0 bridgehead atoms. The topological polar surface area (TPSA) is 60.2 Å². The zero-order chi connectivity index (χ0) is 13.5. The standard InChI is InChI=1S/C13H23N3OS/c1-9(2)17-12-5-11(6-15-7-12)13(16-14)8-18-10(3)4/h5-7,9-10,13,16H,8,14H2,1-4H3. The highest BCUT2D eigenvalue weighted by atomic mass is 32.2. The second-order valence-electron chi connectivity index (χ2n) is 4.72. The van der Waals surface area contributed by atoms with Gasteiger partial charge in [0, 0.05) is 11.9 Å². The van der Waals surface area contributed by atoms with E-state index in [1.165, 1.54) is 0 Å². The molecule has 5 heteroatoms. The van der Waals surface area contributed by atoms with Crippen molar-refractivity contribution in [1.29, 1.82) is 0 Å². The van der Waals surface area contributed by atoms with Crippen molar-refractivity contribution in [2.75, 3.05) is 5.75 Å². The van der Waals surface area contributed by atoms with Crippen molar-refractivity contribution in [3.05, 3.63) is 24.0 Å². The number of hydrogen-bond acceptors (Lipinski definition) is 5. The maximum atomic E-state index is 5.64. The molecule has 0 aliphatic rings. The number of nitrogens with one attached hydrogen (secondary N) is 1. The number of hydrazine groups is 1.